The molecule has 0 bridgehead atoms. The summed E-state index contributed by atoms with van der Waals surface area (Å²) in [5, 5.41) is 12.0. The third kappa shape index (κ3) is 8.91. The van der Waals surface area contributed by atoms with Gasteiger partial charge in [0.25, 0.3) is 0 Å². The minimum Gasteiger partial charge on any atom is -0.445 e. The van der Waals surface area contributed by atoms with Crippen LogP contribution in [0.1, 0.15) is 24.0 Å². The Balaban J connectivity index is 1.97. The van der Waals surface area contributed by atoms with Crippen molar-refractivity contribution in [2.75, 3.05) is 13.2 Å². The number of carbonyl (C=O) groups is 1. The third-order valence-electron chi connectivity index (χ3n) is 4.16. The fourth-order valence-electron chi connectivity index (χ4n) is 2.69. The SMILES string of the molecule is C=CCO[C@@H](NC(=O)OCc1ccccc1)[C@H](CCCO)OCc1ccccc1. The number of aliphatic hydroxyl groups is 1. The van der Waals surface area contributed by atoms with Crippen molar-refractivity contribution in [1.82, 2.24) is 5.32 Å². The van der Waals surface area contributed by atoms with Crippen LogP contribution >= 0.6 is 0 Å². The molecule has 29 heavy (non-hydrogen) atoms. The van der Waals surface area contributed by atoms with Gasteiger partial charge in [-0.15, -0.1) is 6.58 Å². The van der Waals surface area contributed by atoms with Gasteiger partial charge in [0.15, 0.2) is 6.23 Å². The van der Waals surface area contributed by atoms with Gasteiger partial charge in [-0.25, -0.2) is 4.79 Å². The molecule has 0 fully saturated rings. The Bertz CT molecular complexity index is 708. The minimum absolute atomic E-state index is 0.0256. The van der Waals surface area contributed by atoms with E-state index < -0.39 is 18.4 Å². The molecule has 0 aliphatic carbocycles. The Morgan fingerprint density at radius 1 is 1.00 bits per heavy atom. The largest absolute Gasteiger partial charge is 0.445 e. The number of carbonyl (C=O) groups excluding carboxylic acids is 1. The second-order valence-corrected chi connectivity index (χ2v) is 6.45. The molecule has 2 atom stereocenters. The number of alkyl carbamates (subject to hydrolysis) is 1. The van der Waals surface area contributed by atoms with Crippen LogP contribution in [-0.4, -0.2) is 36.7 Å². The molecule has 2 N–H and O–H groups in total. The van der Waals surface area contributed by atoms with Crippen molar-refractivity contribution in [3.8, 4) is 0 Å². The maximum Gasteiger partial charge on any atom is 0.409 e. The molecule has 0 radical (unpaired) electrons. The van der Waals surface area contributed by atoms with Crippen molar-refractivity contribution >= 4 is 6.09 Å². The van der Waals surface area contributed by atoms with Crippen LogP contribution in [0.4, 0.5) is 4.79 Å². The molecule has 0 heterocycles. The zero-order valence-corrected chi connectivity index (χ0v) is 16.5. The van der Waals surface area contributed by atoms with Gasteiger partial charge >= 0.3 is 6.09 Å². The van der Waals surface area contributed by atoms with Crippen LogP contribution in [0.5, 0.6) is 0 Å². The molecule has 0 spiro atoms. The van der Waals surface area contributed by atoms with Crippen molar-refractivity contribution in [3.05, 3.63) is 84.4 Å². The maximum absolute atomic E-state index is 12.3. The number of aliphatic hydroxyl groups excluding tert-OH is 1. The molecular weight excluding hydrogens is 370 g/mol. The summed E-state index contributed by atoms with van der Waals surface area (Å²) in [5.74, 6) is 0. The first-order chi connectivity index (χ1) is 14.2. The molecule has 0 saturated heterocycles. The first-order valence-electron chi connectivity index (χ1n) is 9.69. The highest BCUT2D eigenvalue weighted by Crippen LogP contribution is 2.13. The first kappa shape index (κ1) is 22.6. The molecule has 2 rings (SSSR count). The number of rotatable bonds is 13. The van der Waals surface area contributed by atoms with E-state index in [-0.39, 0.29) is 19.8 Å². The molecule has 6 heteroatoms. The normalized spacial score (nSPS) is 12.7. The zero-order chi connectivity index (χ0) is 20.7. The van der Waals surface area contributed by atoms with E-state index in [0.29, 0.717) is 19.4 Å². The van der Waals surface area contributed by atoms with Gasteiger partial charge in [-0.1, -0.05) is 66.7 Å². The first-order valence-corrected chi connectivity index (χ1v) is 9.69. The summed E-state index contributed by atoms with van der Waals surface area (Å²) in [5.41, 5.74) is 1.90. The number of hydrogen-bond donors (Lipinski definition) is 2. The van der Waals surface area contributed by atoms with Gasteiger partial charge in [-0.2, -0.15) is 0 Å². The van der Waals surface area contributed by atoms with Gasteiger partial charge in [-0.3, -0.25) is 5.32 Å². The number of amides is 1. The summed E-state index contributed by atoms with van der Waals surface area (Å²) >= 11 is 0. The molecule has 1 amide bonds. The number of hydrogen-bond acceptors (Lipinski definition) is 5. The fraction of sp³-hybridized carbons (Fsp3) is 0.348. The number of benzene rings is 2. The lowest BCUT2D eigenvalue weighted by Gasteiger charge is -2.27. The fourth-order valence-corrected chi connectivity index (χ4v) is 2.69. The predicted molar refractivity (Wildman–Crippen MR) is 111 cm³/mol. The lowest BCUT2D eigenvalue weighted by Crippen LogP contribution is -2.46. The maximum atomic E-state index is 12.3. The standard InChI is InChI=1S/C23H29NO5/c1-2-16-27-22(24-23(26)29-18-20-12-7-4-8-13-20)21(14-9-15-25)28-17-19-10-5-3-6-11-19/h2-8,10-13,21-22,25H,1,9,14-18H2,(H,24,26)/t21-,22+/m0/s1. The van der Waals surface area contributed by atoms with Crippen molar-refractivity contribution in [2.45, 2.75) is 38.4 Å². The summed E-state index contributed by atoms with van der Waals surface area (Å²) in [6, 6.07) is 19.2. The highest BCUT2D eigenvalue weighted by Gasteiger charge is 2.25. The lowest BCUT2D eigenvalue weighted by atomic mass is 10.1. The molecule has 0 aliphatic rings. The Morgan fingerprint density at radius 3 is 2.21 bits per heavy atom. The van der Waals surface area contributed by atoms with E-state index in [9.17, 15) is 9.90 Å². The van der Waals surface area contributed by atoms with Crippen molar-refractivity contribution < 1.29 is 24.1 Å². The average molecular weight is 399 g/mol. The summed E-state index contributed by atoms with van der Waals surface area (Å²) in [6.45, 7) is 4.45. The van der Waals surface area contributed by atoms with E-state index in [2.05, 4.69) is 11.9 Å². The average Bonchev–Trinajstić information content (AvgIpc) is 2.77. The van der Waals surface area contributed by atoms with E-state index in [1.54, 1.807) is 6.08 Å². The molecule has 156 valence electrons. The van der Waals surface area contributed by atoms with Crippen LogP contribution < -0.4 is 5.32 Å². The quantitative estimate of drug-likeness (QED) is 0.396. The monoisotopic (exact) mass is 399 g/mol. The van der Waals surface area contributed by atoms with Gasteiger partial charge in [0, 0.05) is 6.61 Å². The van der Waals surface area contributed by atoms with Crippen LogP contribution in [0.25, 0.3) is 0 Å². The van der Waals surface area contributed by atoms with E-state index in [0.717, 1.165) is 11.1 Å². The van der Waals surface area contributed by atoms with Crippen molar-refractivity contribution in [1.29, 1.82) is 0 Å². The van der Waals surface area contributed by atoms with Crippen molar-refractivity contribution in [3.63, 3.8) is 0 Å². The summed E-state index contributed by atoms with van der Waals surface area (Å²) < 4.78 is 17.0. The van der Waals surface area contributed by atoms with Crippen molar-refractivity contribution in [2.24, 2.45) is 0 Å². The van der Waals surface area contributed by atoms with E-state index in [1.165, 1.54) is 0 Å². The van der Waals surface area contributed by atoms with E-state index >= 15 is 0 Å². The van der Waals surface area contributed by atoms with Crippen LogP contribution in [0.3, 0.4) is 0 Å². The Labute approximate surface area is 172 Å². The van der Waals surface area contributed by atoms with Gasteiger partial charge in [-0.05, 0) is 24.0 Å². The summed E-state index contributed by atoms with van der Waals surface area (Å²) in [4.78, 5) is 12.3. The molecule has 0 aromatic heterocycles. The summed E-state index contributed by atoms with van der Waals surface area (Å²) in [7, 11) is 0. The van der Waals surface area contributed by atoms with Crippen LogP contribution in [-0.2, 0) is 27.4 Å². The Hall–Kier alpha value is -2.67. The van der Waals surface area contributed by atoms with Gasteiger partial charge in [0.2, 0.25) is 0 Å². The van der Waals surface area contributed by atoms with Gasteiger partial charge in [0.05, 0.1) is 13.2 Å². The van der Waals surface area contributed by atoms with Gasteiger partial charge < -0.3 is 19.3 Å². The van der Waals surface area contributed by atoms with Crippen LogP contribution in [0.2, 0.25) is 0 Å². The smallest absolute Gasteiger partial charge is 0.409 e. The Morgan fingerprint density at radius 2 is 1.62 bits per heavy atom. The second-order valence-electron chi connectivity index (χ2n) is 6.45. The highest BCUT2D eigenvalue weighted by atomic mass is 16.6. The highest BCUT2D eigenvalue weighted by molar-refractivity contribution is 5.67. The molecule has 2 aromatic rings. The molecule has 6 nitrogen and oxygen atoms in total. The molecular formula is C23H29NO5. The van der Waals surface area contributed by atoms with Gasteiger partial charge in [0.1, 0.15) is 12.7 Å². The van der Waals surface area contributed by atoms with Crippen LogP contribution in [0, 0.1) is 0 Å². The zero-order valence-electron chi connectivity index (χ0n) is 16.5. The summed E-state index contributed by atoms with van der Waals surface area (Å²) in [6.07, 6.45) is 0.862. The molecule has 0 unspecified atom stereocenters. The van der Waals surface area contributed by atoms with E-state index in [4.69, 9.17) is 14.2 Å². The second kappa shape index (κ2) is 13.5. The topological polar surface area (TPSA) is 77.0 Å². The van der Waals surface area contributed by atoms with E-state index in [1.807, 2.05) is 60.7 Å². The minimum atomic E-state index is -0.730. The lowest BCUT2D eigenvalue weighted by molar-refractivity contribution is -0.0895. The predicted octanol–water partition coefficient (Wildman–Crippen LogP) is 3.80. The number of ether oxygens (including phenoxy) is 3. The third-order valence-corrected chi connectivity index (χ3v) is 4.16. The van der Waals surface area contributed by atoms with Crippen LogP contribution in [0.15, 0.2) is 73.3 Å². The Kier molecular flexibility index (Phi) is 10.5. The molecule has 2 aromatic carbocycles. The molecule has 0 saturated carbocycles. The number of nitrogens with one attached hydrogen (secondary N) is 1. The molecule has 0 aliphatic heterocycles.